The van der Waals surface area contributed by atoms with Crippen molar-refractivity contribution in [3.63, 3.8) is 0 Å². The number of rotatable bonds is 4. The molecule has 0 fully saturated rings. The van der Waals surface area contributed by atoms with E-state index in [0.717, 1.165) is 23.4 Å². The molecule has 5 aromatic rings. The summed E-state index contributed by atoms with van der Waals surface area (Å²) >= 11 is 0. The van der Waals surface area contributed by atoms with Gasteiger partial charge in [0.1, 0.15) is 17.4 Å². The van der Waals surface area contributed by atoms with E-state index in [9.17, 15) is 27.6 Å². The van der Waals surface area contributed by atoms with Gasteiger partial charge in [-0.3, -0.25) is 9.78 Å². The van der Waals surface area contributed by atoms with Crippen molar-refractivity contribution in [2.45, 2.75) is 13.1 Å². The standard InChI is InChI=1S/C23H13F4N9O/c1-12-19-15(3-2-4-17(19)24)18(11-29-12)35-20(23(25,26)27)16(10-33-35)22(37)34-14-7-13(8-28)21(30-9-14)36-31-5-6-32-36/h2-7,9-11H,1H3,(H,34,37). The average Bonchev–Trinajstić information content (AvgIpc) is 3.55. The molecule has 0 unspecified atom stereocenters. The fourth-order valence-corrected chi connectivity index (χ4v) is 3.83. The van der Waals surface area contributed by atoms with E-state index >= 15 is 0 Å². The highest BCUT2D eigenvalue weighted by atomic mass is 19.4. The summed E-state index contributed by atoms with van der Waals surface area (Å²) in [6.45, 7) is 1.53. The number of fused-ring (bicyclic) bond motifs is 1. The predicted molar refractivity (Wildman–Crippen MR) is 120 cm³/mol. The van der Waals surface area contributed by atoms with Crippen LogP contribution in [0.5, 0.6) is 0 Å². The van der Waals surface area contributed by atoms with Crippen LogP contribution in [0.25, 0.3) is 22.3 Å². The van der Waals surface area contributed by atoms with Crippen molar-refractivity contribution in [2.75, 3.05) is 5.32 Å². The van der Waals surface area contributed by atoms with Crippen molar-refractivity contribution in [1.82, 2.24) is 34.7 Å². The van der Waals surface area contributed by atoms with Gasteiger partial charge in [-0.2, -0.15) is 33.7 Å². The highest BCUT2D eigenvalue weighted by Gasteiger charge is 2.41. The number of pyridine rings is 2. The van der Waals surface area contributed by atoms with E-state index in [1.807, 2.05) is 6.07 Å². The van der Waals surface area contributed by atoms with Crippen molar-refractivity contribution < 1.29 is 22.4 Å². The van der Waals surface area contributed by atoms with Gasteiger partial charge in [0.05, 0.1) is 47.9 Å². The third-order valence-corrected chi connectivity index (χ3v) is 5.40. The van der Waals surface area contributed by atoms with Gasteiger partial charge in [-0.15, -0.1) is 4.80 Å². The molecule has 0 aliphatic heterocycles. The minimum absolute atomic E-state index is 0.0278. The Hall–Kier alpha value is -5.19. The lowest BCUT2D eigenvalue weighted by molar-refractivity contribution is -0.143. The van der Waals surface area contributed by atoms with Gasteiger partial charge in [0.15, 0.2) is 11.5 Å². The number of aromatic nitrogens is 7. The van der Waals surface area contributed by atoms with Crippen molar-refractivity contribution >= 4 is 22.4 Å². The van der Waals surface area contributed by atoms with E-state index in [0.29, 0.717) is 4.68 Å². The number of nitrogens with one attached hydrogen (secondary N) is 1. The quantitative estimate of drug-likeness (QED) is 0.365. The number of amides is 1. The Morgan fingerprint density at radius 3 is 2.54 bits per heavy atom. The third-order valence-electron chi connectivity index (χ3n) is 5.40. The van der Waals surface area contributed by atoms with Crippen LogP contribution in [0, 0.1) is 24.1 Å². The molecule has 0 spiro atoms. The van der Waals surface area contributed by atoms with E-state index in [4.69, 9.17) is 0 Å². The number of hydrogen-bond acceptors (Lipinski definition) is 7. The molecule has 184 valence electrons. The molecule has 0 aliphatic carbocycles. The van der Waals surface area contributed by atoms with Crippen LogP contribution < -0.4 is 5.32 Å². The second kappa shape index (κ2) is 8.79. The number of nitrogens with zero attached hydrogens (tertiary/aromatic N) is 8. The number of aryl methyl sites for hydroxylation is 1. The van der Waals surface area contributed by atoms with Crippen LogP contribution in [0.1, 0.15) is 27.3 Å². The zero-order valence-electron chi connectivity index (χ0n) is 18.7. The molecule has 0 saturated heterocycles. The molecule has 0 saturated carbocycles. The minimum Gasteiger partial charge on any atom is -0.320 e. The second-order valence-corrected chi connectivity index (χ2v) is 7.69. The normalized spacial score (nSPS) is 11.5. The molecule has 4 heterocycles. The topological polar surface area (TPSA) is 127 Å². The van der Waals surface area contributed by atoms with Crippen LogP contribution in [0.4, 0.5) is 23.2 Å². The summed E-state index contributed by atoms with van der Waals surface area (Å²) in [4.78, 5) is 22.1. The zero-order chi connectivity index (χ0) is 26.3. The Morgan fingerprint density at radius 2 is 1.84 bits per heavy atom. The molecule has 0 bridgehead atoms. The van der Waals surface area contributed by atoms with Crippen LogP contribution in [-0.4, -0.2) is 40.6 Å². The fraction of sp³-hybridized carbons (Fsp3) is 0.0870. The molecule has 1 aromatic carbocycles. The van der Waals surface area contributed by atoms with E-state index in [-0.39, 0.29) is 39.2 Å². The number of hydrogen-bond donors (Lipinski definition) is 1. The largest absolute Gasteiger partial charge is 0.434 e. The second-order valence-electron chi connectivity index (χ2n) is 7.69. The van der Waals surface area contributed by atoms with Crippen LogP contribution >= 0.6 is 0 Å². The summed E-state index contributed by atoms with van der Waals surface area (Å²) in [6, 6.07) is 7.06. The number of benzene rings is 1. The lowest BCUT2D eigenvalue weighted by Crippen LogP contribution is -2.21. The minimum atomic E-state index is -5.01. The lowest BCUT2D eigenvalue weighted by atomic mass is 10.1. The molecule has 14 heteroatoms. The molecule has 37 heavy (non-hydrogen) atoms. The molecular formula is C23H13F4N9O. The van der Waals surface area contributed by atoms with Crippen LogP contribution in [-0.2, 0) is 6.18 Å². The first-order chi connectivity index (χ1) is 17.7. The van der Waals surface area contributed by atoms with E-state index in [2.05, 4.69) is 30.6 Å². The van der Waals surface area contributed by atoms with Gasteiger partial charge in [-0.05, 0) is 19.1 Å². The van der Waals surface area contributed by atoms with Gasteiger partial charge in [-0.1, -0.05) is 12.1 Å². The smallest absolute Gasteiger partial charge is 0.320 e. The van der Waals surface area contributed by atoms with Gasteiger partial charge < -0.3 is 5.32 Å². The molecule has 1 N–H and O–H groups in total. The molecule has 4 aromatic heterocycles. The highest BCUT2D eigenvalue weighted by molar-refractivity contribution is 6.05. The summed E-state index contributed by atoms with van der Waals surface area (Å²) in [5.74, 6) is -1.73. The maximum absolute atomic E-state index is 14.4. The lowest BCUT2D eigenvalue weighted by Gasteiger charge is -2.15. The number of nitriles is 1. The number of alkyl halides is 3. The summed E-state index contributed by atoms with van der Waals surface area (Å²) in [5.41, 5.74) is -2.12. The van der Waals surface area contributed by atoms with Gasteiger partial charge in [0.2, 0.25) is 0 Å². The number of halogens is 4. The summed E-state index contributed by atoms with van der Waals surface area (Å²) < 4.78 is 57.6. The summed E-state index contributed by atoms with van der Waals surface area (Å²) in [5, 5.41) is 23.5. The van der Waals surface area contributed by atoms with Crippen LogP contribution in [0.2, 0.25) is 0 Å². The number of carbonyl (C=O) groups excluding carboxylic acids is 1. The highest BCUT2D eigenvalue weighted by Crippen LogP contribution is 2.36. The molecule has 1 amide bonds. The van der Waals surface area contributed by atoms with Gasteiger partial charge in [-0.25, -0.2) is 14.1 Å². The Labute approximate surface area is 204 Å². The van der Waals surface area contributed by atoms with Gasteiger partial charge in [0, 0.05) is 16.5 Å². The Kier molecular flexibility index (Phi) is 5.59. The predicted octanol–water partition coefficient (Wildman–Crippen LogP) is 3.99. The van der Waals surface area contributed by atoms with Crippen LogP contribution in [0.3, 0.4) is 0 Å². The van der Waals surface area contributed by atoms with Crippen molar-refractivity contribution in [3.05, 3.63) is 83.6 Å². The maximum atomic E-state index is 14.4. The van der Waals surface area contributed by atoms with Gasteiger partial charge in [0.25, 0.3) is 5.91 Å². The summed E-state index contributed by atoms with van der Waals surface area (Å²) in [6.07, 6.45) is 0.761. The molecule has 0 atom stereocenters. The zero-order valence-corrected chi connectivity index (χ0v) is 18.7. The first-order valence-electron chi connectivity index (χ1n) is 10.5. The number of anilines is 1. The molecule has 0 radical (unpaired) electrons. The first kappa shape index (κ1) is 23.5. The maximum Gasteiger partial charge on any atom is 0.434 e. The molecule has 5 rings (SSSR count). The first-order valence-corrected chi connectivity index (χ1v) is 10.5. The molecule has 0 aliphatic rings. The molecular weight excluding hydrogens is 494 g/mol. The fourth-order valence-electron chi connectivity index (χ4n) is 3.83. The Morgan fingerprint density at radius 1 is 1.08 bits per heavy atom. The van der Waals surface area contributed by atoms with Crippen molar-refractivity contribution in [2.24, 2.45) is 0 Å². The van der Waals surface area contributed by atoms with Gasteiger partial charge >= 0.3 is 6.18 Å². The van der Waals surface area contributed by atoms with E-state index < -0.39 is 29.2 Å². The summed E-state index contributed by atoms with van der Waals surface area (Å²) in [7, 11) is 0. The third kappa shape index (κ3) is 4.12. The van der Waals surface area contributed by atoms with Crippen LogP contribution in [0.15, 0.2) is 55.2 Å². The van der Waals surface area contributed by atoms with Crippen molar-refractivity contribution in [3.8, 4) is 17.6 Å². The Balaban J connectivity index is 1.57. The van der Waals surface area contributed by atoms with Crippen molar-refractivity contribution in [1.29, 1.82) is 5.26 Å². The average molecular weight is 507 g/mol. The number of carbonyl (C=O) groups is 1. The monoisotopic (exact) mass is 507 g/mol. The Bertz CT molecular complexity index is 1690. The SMILES string of the molecule is Cc1ncc(-n2ncc(C(=O)Nc3cnc(-n4nccn4)c(C#N)c3)c2C(F)(F)F)c2cccc(F)c12. The molecule has 10 nitrogen and oxygen atoms in total. The van der Waals surface area contributed by atoms with E-state index in [1.54, 1.807) is 0 Å². The van der Waals surface area contributed by atoms with E-state index in [1.165, 1.54) is 43.6 Å².